The Morgan fingerprint density at radius 1 is 1.14 bits per heavy atom. The van der Waals surface area contributed by atoms with Gasteiger partial charge in [0.05, 0.1) is 6.10 Å². The molecule has 110 valence electrons. The Hall–Kier alpha value is -2.33. The number of rotatable bonds is 6. The molecule has 0 heterocycles. The van der Waals surface area contributed by atoms with E-state index in [1.165, 1.54) is 0 Å². The number of aliphatic hydroxyl groups is 1. The van der Waals surface area contributed by atoms with Gasteiger partial charge in [-0.1, -0.05) is 43.3 Å². The van der Waals surface area contributed by atoms with Crippen molar-refractivity contribution in [3.8, 4) is 5.75 Å². The first kappa shape index (κ1) is 15.1. The zero-order valence-electron chi connectivity index (χ0n) is 12.0. The summed E-state index contributed by atoms with van der Waals surface area (Å²) in [6.07, 6.45) is 0.00901. The Bertz CT molecular complexity index is 584. The number of para-hydroxylation sites is 2. The topological polar surface area (TPSA) is 58.6 Å². The molecule has 0 fully saturated rings. The molecule has 4 heteroatoms. The first-order valence-electron chi connectivity index (χ1n) is 6.95. The van der Waals surface area contributed by atoms with E-state index in [9.17, 15) is 9.90 Å². The average Bonchev–Trinajstić information content (AvgIpc) is 2.53. The van der Waals surface area contributed by atoms with E-state index in [-0.39, 0.29) is 12.5 Å². The minimum Gasteiger partial charge on any atom is -0.483 e. The Labute approximate surface area is 124 Å². The number of amides is 1. The van der Waals surface area contributed by atoms with E-state index in [2.05, 4.69) is 5.32 Å². The third-order valence-corrected chi connectivity index (χ3v) is 3.08. The highest BCUT2D eigenvalue weighted by molar-refractivity contribution is 5.91. The molecule has 0 unspecified atom stereocenters. The minimum atomic E-state index is -0.585. The van der Waals surface area contributed by atoms with E-state index in [1.807, 2.05) is 49.4 Å². The Morgan fingerprint density at radius 2 is 1.81 bits per heavy atom. The van der Waals surface area contributed by atoms with Gasteiger partial charge in [-0.05, 0) is 24.6 Å². The molecule has 2 aromatic carbocycles. The molecule has 0 aliphatic heterocycles. The van der Waals surface area contributed by atoms with E-state index in [4.69, 9.17) is 4.74 Å². The molecule has 0 aliphatic rings. The molecule has 0 radical (unpaired) electrons. The number of hydrogen-bond acceptors (Lipinski definition) is 3. The normalized spacial score (nSPS) is 11.7. The summed E-state index contributed by atoms with van der Waals surface area (Å²) in [5, 5.41) is 12.7. The van der Waals surface area contributed by atoms with Crippen LogP contribution in [0.3, 0.4) is 0 Å². The first-order chi connectivity index (χ1) is 10.2. The second kappa shape index (κ2) is 7.45. The highest BCUT2D eigenvalue weighted by Gasteiger charge is 2.12. The quantitative estimate of drug-likeness (QED) is 0.857. The number of nitrogens with one attached hydrogen (secondary N) is 1. The van der Waals surface area contributed by atoms with Gasteiger partial charge >= 0.3 is 0 Å². The number of hydrogen-bond donors (Lipinski definition) is 2. The van der Waals surface area contributed by atoms with Gasteiger partial charge in [0.15, 0.2) is 6.61 Å². The van der Waals surface area contributed by atoms with Crippen LogP contribution in [-0.2, 0) is 4.79 Å². The van der Waals surface area contributed by atoms with Gasteiger partial charge in [-0.25, -0.2) is 0 Å². The second-order valence-corrected chi connectivity index (χ2v) is 4.66. The van der Waals surface area contributed by atoms with Gasteiger partial charge in [0.1, 0.15) is 5.75 Å². The summed E-state index contributed by atoms with van der Waals surface area (Å²) in [4.78, 5) is 11.8. The van der Waals surface area contributed by atoms with Gasteiger partial charge < -0.3 is 15.2 Å². The molecule has 21 heavy (non-hydrogen) atoms. The maximum absolute atomic E-state index is 11.8. The monoisotopic (exact) mass is 285 g/mol. The van der Waals surface area contributed by atoms with Crippen LogP contribution in [0.1, 0.15) is 25.0 Å². The van der Waals surface area contributed by atoms with Crippen molar-refractivity contribution in [3.05, 3.63) is 60.2 Å². The lowest BCUT2D eigenvalue weighted by atomic mass is 10.1. The third kappa shape index (κ3) is 4.33. The zero-order valence-corrected chi connectivity index (χ0v) is 12.0. The zero-order chi connectivity index (χ0) is 15.1. The number of carbonyl (C=O) groups is 1. The molecule has 0 aliphatic carbocycles. The summed E-state index contributed by atoms with van der Waals surface area (Å²) < 4.78 is 5.52. The lowest BCUT2D eigenvalue weighted by Gasteiger charge is -2.14. The lowest BCUT2D eigenvalue weighted by molar-refractivity contribution is -0.118. The van der Waals surface area contributed by atoms with Crippen molar-refractivity contribution in [2.24, 2.45) is 0 Å². The highest BCUT2D eigenvalue weighted by Crippen LogP contribution is 2.26. The number of aliphatic hydroxyl groups excluding tert-OH is 1. The van der Waals surface area contributed by atoms with Gasteiger partial charge in [0, 0.05) is 11.3 Å². The molecule has 2 rings (SSSR count). The van der Waals surface area contributed by atoms with Gasteiger partial charge in [-0.3, -0.25) is 4.79 Å². The first-order valence-corrected chi connectivity index (χ1v) is 6.95. The molecule has 2 N–H and O–H groups in total. The number of benzene rings is 2. The van der Waals surface area contributed by atoms with E-state index < -0.39 is 6.10 Å². The minimum absolute atomic E-state index is 0.0949. The van der Waals surface area contributed by atoms with Crippen LogP contribution in [0.25, 0.3) is 0 Å². The van der Waals surface area contributed by atoms with Gasteiger partial charge in [0.25, 0.3) is 5.91 Å². The fourth-order valence-corrected chi connectivity index (χ4v) is 1.97. The summed E-state index contributed by atoms with van der Waals surface area (Å²) >= 11 is 0. The van der Waals surface area contributed by atoms with Crippen LogP contribution < -0.4 is 10.1 Å². The molecule has 4 nitrogen and oxygen atoms in total. The maximum atomic E-state index is 11.8. The van der Waals surface area contributed by atoms with Crippen molar-refractivity contribution in [1.82, 2.24) is 0 Å². The summed E-state index contributed by atoms with van der Waals surface area (Å²) in [6, 6.07) is 16.4. The van der Waals surface area contributed by atoms with Gasteiger partial charge in [-0.2, -0.15) is 0 Å². The Morgan fingerprint density at radius 3 is 2.52 bits per heavy atom. The van der Waals surface area contributed by atoms with Crippen LogP contribution in [0, 0.1) is 0 Å². The van der Waals surface area contributed by atoms with Crippen molar-refractivity contribution in [2.45, 2.75) is 19.4 Å². The van der Waals surface area contributed by atoms with Crippen LogP contribution in [0.15, 0.2) is 54.6 Å². The third-order valence-electron chi connectivity index (χ3n) is 3.08. The molecule has 0 bridgehead atoms. The van der Waals surface area contributed by atoms with Gasteiger partial charge in [0.2, 0.25) is 0 Å². The van der Waals surface area contributed by atoms with Crippen molar-refractivity contribution in [2.75, 3.05) is 11.9 Å². The largest absolute Gasteiger partial charge is 0.483 e. The second-order valence-electron chi connectivity index (χ2n) is 4.66. The van der Waals surface area contributed by atoms with Crippen molar-refractivity contribution >= 4 is 11.6 Å². The number of carbonyl (C=O) groups excluding carboxylic acids is 1. The Kier molecular flexibility index (Phi) is 5.35. The molecule has 2 aromatic rings. The predicted molar refractivity (Wildman–Crippen MR) is 82.3 cm³/mol. The average molecular weight is 285 g/mol. The predicted octanol–water partition coefficient (Wildman–Crippen LogP) is 3.15. The van der Waals surface area contributed by atoms with Crippen molar-refractivity contribution < 1.29 is 14.6 Å². The Balaban J connectivity index is 1.95. The highest BCUT2D eigenvalue weighted by atomic mass is 16.5. The summed E-state index contributed by atoms with van der Waals surface area (Å²) in [5.41, 5.74) is 1.43. The van der Waals surface area contributed by atoms with Crippen LogP contribution in [0.5, 0.6) is 5.75 Å². The molecular weight excluding hydrogens is 266 g/mol. The van der Waals surface area contributed by atoms with E-state index in [0.29, 0.717) is 17.7 Å². The molecule has 0 spiro atoms. The fourth-order valence-electron chi connectivity index (χ4n) is 1.97. The standard InChI is InChI=1S/C17H19NO3/c1-2-15(19)14-10-6-7-11-16(14)21-12-17(20)18-13-8-4-3-5-9-13/h3-11,15,19H,2,12H2,1H3,(H,18,20)/t15-/m0/s1. The van der Waals surface area contributed by atoms with Crippen molar-refractivity contribution in [1.29, 1.82) is 0 Å². The lowest BCUT2D eigenvalue weighted by Crippen LogP contribution is -2.20. The summed E-state index contributed by atoms with van der Waals surface area (Å²) in [5.74, 6) is 0.303. The molecule has 1 amide bonds. The van der Waals surface area contributed by atoms with E-state index in [0.717, 1.165) is 5.69 Å². The van der Waals surface area contributed by atoms with Crippen LogP contribution in [0.4, 0.5) is 5.69 Å². The summed E-state index contributed by atoms with van der Waals surface area (Å²) in [7, 11) is 0. The number of ether oxygens (including phenoxy) is 1. The molecule has 0 aromatic heterocycles. The smallest absolute Gasteiger partial charge is 0.262 e. The van der Waals surface area contributed by atoms with Crippen LogP contribution in [-0.4, -0.2) is 17.6 Å². The van der Waals surface area contributed by atoms with Gasteiger partial charge in [-0.15, -0.1) is 0 Å². The van der Waals surface area contributed by atoms with Crippen LogP contribution >= 0.6 is 0 Å². The molecule has 0 saturated heterocycles. The molecule has 1 atom stereocenters. The van der Waals surface area contributed by atoms with E-state index in [1.54, 1.807) is 12.1 Å². The summed E-state index contributed by atoms with van der Waals surface area (Å²) in [6.45, 7) is 1.80. The molecular formula is C17H19NO3. The number of anilines is 1. The molecule has 0 saturated carbocycles. The maximum Gasteiger partial charge on any atom is 0.262 e. The van der Waals surface area contributed by atoms with E-state index >= 15 is 0 Å². The van der Waals surface area contributed by atoms with Crippen LogP contribution in [0.2, 0.25) is 0 Å². The fraction of sp³-hybridized carbons (Fsp3) is 0.235. The van der Waals surface area contributed by atoms with Crippen molar-refractivity contribution in [3.63, 3.8) is 0 Å². The SMILES string of the molecule is CC[C@H](O)c1ccccc1OCC(=O)Nc1ccccc1.